The van der Waals surface area contributed by atoms with Gasteiger partial charge in [-0.25, -0.2) is 9.48 Å². The molecule has 0 unspecified atom stereocenters. The van der Waals surface area contributed by atoms with Gasteiger partial charge in [0.15, 0.2) is 0 Å². The van der Waals surface area contributed by atoms with Gasteiger partial charge in [-0.15, -0.1) is 5.10 Å². The first-order valence-electron chi connectivity index (χ1n) is 5.20. The molecule has 0 amide bonds. The molecule has 0 saturated carbocycles. The molecule has 0 spiro atoms. The Morgan fingerprint density at radius 2 is 2.25 bits per heavy atom. The Labute approximate surface area is 93.0 Å². The van der Waals surface area contributed by atoms with Crippen LogP contribution in [0.5, 0.6) is 0 Å². The predicted molar refractivity (Wildman–Crippen MR) is 58.9 cm³/mol. The SMILES string of the molecule is CCOC(=O)[C@H](C)n1nnc2ccccc21. The number of carbonyl (C=O) groups excluding carboxylic acids is 1. The lowest BCUT2D eigenvalue weighted by atomic mass is 10.3. The molecule has 1 aromatic heterocycles. The van der Waals surface area contributed by atoms with Gasteiger partial charge in [-0.3, -0.25) is 0 Å². The first-order chi connectivity index (χ1) is 7.74. The fourth-order valence-electron chi connectivity index (χ4n) is 1.54. The van der Waals surface area contributed by atoms with Gasteiger partial charge in [-0.2, -0.15) is 0 Å². The van der Waals surface area contributed by atoms with Crippen LogP contribution >= 0.6 is 0 Å². The molecule has 1 atom stereocenters. The van der Waals surface area contributed by atoms with Crippen LogP contribution in [0.4, 0.5) is 0 Å². The number of fused-ring (bicyclic) bond motifs is 1. The molecular weight excluding hydrogens is 206 g/mol. The summed E-state index contributed by atoms with van der Waals surface area (Å²) in [4.78, 5) is 11.6. The lowest BCUT2D eigenvalue weighted by Crippen LogP contribution is -2.20. The summed E-state index contributed by atoms with van der Waals surface area (Å²) < 4.78 is 6.53. The standard InChI is InChI=1S/C11H13N3O2/c1-3-16-11(15)8(2)14-10-7-5-4-6-9(10)12-13-14/h4-8H,3H2,1-2H3/t8-/m0/s1. The normalized spacial score (nSPS) is 12.6. The highest BCUT2D eigenvalue weighted by Crippen LogP contribution is 2.15. The Kier molecular flexibility index (Phi) is 2.85. The van der Waals surface area contributed by atoms with E-state index < -0.39 is 6.04 Å². The molecule has 0 aliphatic rings. The van der Waals surface area contributed by atoms with E-state index in [-0.39, 0.29) is 5.97 Å². The van der Waals surface area contributed by atoms with Crippen LogP contribution in [0, 0.1) is 0 Å². The van der Waals surface area contributed by atoms with Crippen molar-refractivity contribution in [2.45, 2.75) is 19.9 Å². The molecule has 2 aromatic rings. The van der Waals surface area contributed by atoms with Gasteiger partial charge in [0.25, 0.3) is 0 Å². The second kappa shape index (κ2) is 4.30. The third kappa shape index (κ3) is 1.76. The zero-order valence-electron chi connectivity index (χ0n) is 9.25. The number of para-hydroxylation sites is 1. The third-order valence-electron chi connectivity index (χ3n) is 2.37. The number of hydrogen-bond acceptors (Lipinski definition) is 4. The Balaban J connectivity index is 2.36. The van der Waals surface area contributed by atoms with E-state index in [0.29, 0.717) is 6.61 Å². The molecule has 0 radical (unpaired) electrons. The summed E-state index contributed by atoms with van der Waals surface area (Å²) in [6, 6.07) is 7.06. The molecule has 0 fully saturated rings. The van der Waals surface area contributed by atoms with Crippen LogP contribution in [0.15, 0.2) is 24.3 Å². The summed E-state index contributed by atoms with van der Waals surface area (Å²) in [6.07, 6.45) is 0. The second-order valence-electron chi connectivity index (χ2n) is 3.45. The quantitative estimate of drug-likeness (QED) is 0.735. The monoisotopic (exact) mass is 219 g/mol. The molecule has 1 heterocycles. The first kappa shape index (κ1) is 10.6. The maximum Gasteiger partial charge on any atom is 0.330 e. The number of benzene rings is 1. The van der Waals surface area contributed by atoms with Crippen molar-refractivity contribution in [3.8, 4) is 0 Å². The van der Waals surface area contributed by atoms with Gasteiger partial charge in [0.1, 0.15) is 11.6 Å². The van der Waals surface area contributed by atoms with Crippen LogP contribution in [0.2, 0.25) is 0 Å². The van der Waals surface area contributed by atoms with Gasteiger partial charge >= 0.3 is 5.97 Å². The van der Waals surface area contributed by atoms with Crippen molar-refractivity contribution < 1.29 is 9.53 Å². The number of esters is 1. The van der Waals surface area contributed by atoms with Crippen LogP contribution in [0.1, 0.15) is 19.9 Å². The fourth-order valence-corrected chi connectivity index (χ4v) is 1.54. The largest absolute Gasteiger partial charge is 0.464 e. The number of nitrogens with zero attached hydrogens (tertiary/aromatic N) is 3. The summed E-state index contributed by atoms with van der Waals surface area (Å²) in [5, 5.41) is 7.95. The summed E-state index contributed by atoms with van der Waals surface area (Å²) in [7, 11) is 0. The maximum absolute atomic E-state index is 11.6. The smallest absolute Gasteiger partial charge is 0.330 e. The van der Waals surface area contributed by atoms with Crippen molar-refractivity contribution in [2.24, 2.45) is 0 Å². The van der Waals surface area contributed by atoms with Gasteiger partial charge < -0.3 is 4.74 Å². The Bertz CT molecular complexity index is 507. The Morgan fingerprint density at radius 3 is 3.00 bits per heavy atom. The molecular formula is C11H13N3O2. The molecule has 0 N–H and O–H groups in total. The molecule has 0 bridgehead atoms. The van der Waals surface area contributed by atoms with Crippen LogP contribution in [0.25, 0.3) is 11.0 Å². The minimum absolute atomic E-state index is 0.293. The number of rotatable bonds is 3. The summed E-state index contributed by atoms with van der Waals surface area (Å²) in [5.41, 5.74) is 1.61. The number of ether oxygens (including phenoxy) is 1. The van der Waals surface area contributed by atoms with Crippen molar-refractivity contribution in [3.05, 3.63) is 24.3 Å². The average Bonchev–Trinajstić information content (AvgIpc) is 2.72. The van der Waals surface area contributed by atoms with Crippen LogP contribution in [-0.2, 0) is 9.53 Å². The Morgan fingerprint density at radius 1 is 1.50 bits per heavy atom. The van der Waals surface area contributed by atoms with E-state index in [4.69, 9.17) is 4.74 Å². The molecule has 0 aliphatic carbocycles. The number of carbonyl (C=O) groups is 1. The molecule has 1 aromatic carbocycles. The topological polar surface area (TPSA) is 57.0 Å². The maximum atomic E-state index is 11.6. The van der Waals surface area contributed by atoms with E-state index in [1.807, 2.05) is 24.3 Å². The van der Waals surface area contributed by atoms with Gasteiger partial charge in [-0.05, 0) is 26.0 Å². The minimum atomic E-state index is -0.452. The van der Waals surface area contributed by atoms with Crippen LogP contribution in [0.3, 0.4) is 0 Å². The average molecular weight is 219 g/mol. The highest BCUT2D eigenvalue weighted by molar-refractivity contribution is 5.79. The van der Waals surface area contributed by atoms with E-state index in [0.717, 1.165) is 11.0 Å². The molecule has 5 heteroatoms. The van der Waals surface area contributed by atoms with E-state index >= 15 is 0 Å². The molecule has 5 nitrogen and oxygen atoms in total. The predicted octanol–water partition coefficient (Wildman–Crippen LogP) is 1.56. The highest BCUT2D eigenvalue weighted by atomic mass is 16.5. The van der Waals surface area contributed by atoms with Crippen molar-refractivity contribution in [2.75, 3.05) is 6.61 Å². The van der Waals surface area contributed by atoms with Crippen molar-refractivity contribution in [1.29, 1.82) is 0 Å². The fraction of sp³-hybridized carbons (Fsp3) is 0.364. The van der Waals surface area contributed by atoms with E-state index in [1.165, 1.54) is 0 Å². The Hall–Kier alpha value is -1.91. The van der Waals surface area contributed by atoms with Crippen LogP contribution in [-0.4, -0.2) is 27.6 Å². The molecule has 16 heavy (non-hydrogen) atoms. The molecule has 0 saturated heterocycles. The summed E-state index contributed by atoms with van der Waals surface area (Å²) >= 11 is 0. The minimum Gasteiger partial charge on any atom is -0.464 e. The van der Waals surface area contributed by atoms with E-state index in [9.17, 15) is 4.79 Å². The van der Waals surface area contributed by atoms with Crippen LogP contribution < -0.4 is 0 Å². The zero-order valence-corrected chi connectivity index (χ0v) is 9.25. The lowest BCUT2D eigenvalue weighted by molar-refractivity contribution is -0.146. The summed E-state index contributed by atoms with van der Waals surface area (Å²) in [6.45, 7) is 3.90. The van der Waals surface area contributed by atoms with Gasteiger partial charge in [0.05, 0.1) is 12.1 Å². The molecule has 0 aliphatic heterocycles. The molecule has 2 rings (SSSR count). The number of hydrogen-bond donors (Lipinski definition) is 0. The van der Waals surface area contributed by atoms with Crippen molar-refractivity contribution >= 4 is 17.0 Å². The van der Waals surface area contributed by atoms with Crippen molar-refractivity contribution in [1.82, 2.24) is 15.0 Å². The van der Waals surface area contributed by atoms with Gasteiger partial charge in [0.2, 0.25) is 0 Å². The third-order valence-corrected chi connectivity index (χ3v) is 2.37. The second-order valence-corrected chi connectivity index (χ2v) is 3.45. The molecule has 84 valence electrons. The van der Waals surface area contributed by atoms with Gasteiger partial charge in [0, 0.05) is 0 Å². The summed E-state index contributed by atoms with van der Waals surface area (Å²) in [5.74, 6) is -0.293. The highest BCUT2D eigenvalue weighted by Gasteiger charge is 2.19. The zero-order chi connectivity index (χ0) is 11.5. The lowest BCUT2D eigenvalue weighted by Gasteiger charge is -2.10. The number of aromatic nitrogens is 3. The van der Waals surface area contributed by atoms with E-state index in [2.05, 4.69) is 10.3 Å². The van der Waals surface area contributed by atoms with Gasteiger partial charge in [-0.1, -0.05) is 17.3 Å². The van der Waals surface area contributed by atoms with Crippen molar-refractivity contribution in [3.63, 3.8) is 0 Å². The van der Waals surface area contributed by atoms with E-state index in [1.54, 1.807) is 18.5 Å². The first-order valence-corrected chi connectivity index (χ1v) is 5.20.